The average Bonchev–Trinajstić information content (AvgIpc) is 3.08. The van der Waals surface area contributed by atoms with E-state index < -0.39 is 5.97 Å². The molecule has 0 spiro atoms. The smallest absolute Gasteiger partial charge is 0.339 e. The van der Waals surface area contributed by atoms with Gasteiger partial charge in [0.05, 0.1) is 4.88 Å². The van der Waals surface area contributed by atoms with Crippen molar-refractivity contribution >= 4 is 29.0 Å². The largest absolute Gasteiger partial charge is 0.507 e. The zero-order valence-electron chi connectivity index (χ0n) is 12.8. The van der Waals surface area contributed by atoms with Crippen LogP contribution in [-0.2, 0) is 11.2 Å². The first-order valence-electron chi connectivity index (χ1n) is 7.36. The molecule has 1 aromatic heterocycles. The van der Waals surface area contributed by atoms with Gasteiger partial charge in [-0.15, -0.1) is 11.3 Å². The van der Waals surface area contributed by atoms with Gasteiger partial charge in [-0.3, -0.25) is 9.59 Å². The quantitative estimate of drug-likeness (QED) is 0.637. The molecule has 1 aromatic carbocycles. The first-order valence-corrected chi connectivity index (χ1v) is 8.24. The Labute approximate surface area is 142 Å². The predicted octanol–water partition coefficient (Wildman–Crippen LogP) is 2.47. The molecule has 0 aliphatic rings. The highest BCUT2D eigenvalue weighted by Crippen LogP contribution is 2.22. The number of carboxylic acids is 1. The number of Topliss-reactive ketones (excluding diaryl/α,β-unsaturated/α-hetero) is 1. The molecule has 0 saturated heterocycles. The maximum absolute atomic E-state index is 11.8. The molecule has 0 fully saturated rings. The number of phenols is 1. The van der Waals surface area contributed by atoms with Crippen LogP contribution in [0.25, 0.3) is 0 Å². The Bertz CT molecular complexity index is 739. The number of para-hydroxylation sites is 1. The summed E-state index contributed by atoms with van der Waals surface area (Å²) in [7, 11) is 0. The van der Waals surface area contributed by atoms with Crippen molar-refractivity contribution in [1.82, 2.24) is 5.32 Å². The number of carbonyl (C=O) groups excluding carboxylic acids is 2. The van der Waals surface area contributed by atoms with Gasteiger partial charge in [0.15, 0.2) is 5.78 Å². The summed E-state index contributed by atoms with van der Waals surface area (Å²) in [5, 5.41) is 23.3. The van der Waals surface area contributed by atoms with Gasteiger partial charge < -0.3 is 15.5 Å². The molecule has 0 unspecified atom stereocenters. The molecule has 0 radical (unpaired) electrons. The van der Waals surface area contributed by atoms with Crippen molar-refractivity contribution in [2.75, 3.05) is 6.54 Å². The molecule has 6 nitrogen and oxygen atoms in total. The molecule has 0 aliphatic heterocycles. The lowest BCUT2D eigenvalue weighted by Gasteiger charge is -2.08. The molecule has 24 heavy (non-hydrogen) atoms. The van der Waals surface area contributed by atoms with Gasteiger partial charge >= 0.3 is 5.97 Å². The van der Waals surface area contributed by atoms with Gasteiger partial charge in [0.2, 0.25) is 5.91 Å². The summed E-state index contributed by atoms with van der Waals surface area (Å²) >= 11 is 1.35. The third-order valence-electron chi connectivity index (χ3n) is 3.44. The predicted molar refractivity (Wildman–Crippen MR) is 89.7 cm³/mol. The van der Waals surface area contributed by atoms with E-state index in [0.29, 0.717) is 16.9 Å². The lowest BCUT2D eigenvalue weighted by molar-refractivity contribution is -0.121. The Morgan fingerprint density at radius 2 is 1.88 bits per heavy atom. The van der Waals surface area contributed by atoms with Crippen LogP contribution in [0, 0.1) is 0 Å². The lowest BCUT2D eigenvalue weighted by Crippen LogP contribution is -2.26. The molecular weight excluding hydrogens is 330 g/mol. The highest BCUT2D eigenvalue weighted by Gasteiger charge is 2.13. The summed E-state index contributed by atoms with van der Waals surface area (Å²) in [6, 6.07) is 7.98. The molecule has 0 aliphatic carbocycles. The third-order valence-corrected chi connectivity index (χ3v) is 4.35. The molecule has 3 N–H and O–H groups in total. The molecule has 2 aromatic rings. The van der Waals surface area contributed by atoms with Crippen LogP contribution in [0.2, 0.25) is 0 Å². The fourth-order valence-corrected chi connectivity index (χ4v) is 2.87. The Kier molecular flexibility index (Phi) is 6.08. The van der Waals surface area contributed by atoms with Crippen LogP contribution in [0.1, 0.15) is 38.4 Å². The maximum atomic E-state index is 11.8. The van der Waals surface area contributed by atoms with Crippen molar-refractivity contribution in [3.8, 4) is 5.75 Å². The number of thiophene rings is 1. The summed E-state index contributed by atoms with van der Waals surface area (Å²) in [5.41, 5.74) is 0.283. The van der Waals surface area contributed by atoms with E-state index in [0.717, 1.165) is 0 Å². The number of rotatable bonds is 8. The maximum Gasteiger partial charge on any atom is 0.339 e. The highest BCUT2D eigenvalue weighted by molar-refractivity contribution is 7.12. The van der Waals surface area contributed by atoms with Crippen molar-refractivity contribution in [3.05, 3.63) is 51.7 Å². The number of ketones is 1. The second-order valence-corrected chi connectivity index (χ2v) is 6.07. The van der Waals surface area contributed by atoms with E-state index in [1.165, 1.54) is 17.4 Å². The second kappa shape index (κ2) is 8.26. The first-order chi connectivity index (χ1) is 11.5. The third kappa shape index (κ3) is 4.66. The summed E-state index contributed by atoms with van der Waals surface area (Å²) in [5.74, 6) is -1.81. The Morgan fingerprint density at radius 3 is 2.54 bits per heavy atom. The molecule has 126 valence electrons. The minimum atomic E-state index is -1.20. The number of carboxylic acid groups (broad SMARTS) is 1. The second-order valence-electron chi connectivity index (χ2n) is 5.12. The van der Waals surface area contributed by atoms with Gasteiger partial charge in [0.1, 0.15) is 11.3 Å². The molecule has 0 saturated carbocycles. The summed E-state index contributed by atoms with van der Waals surface area (Å²) in [4.78, 5) is 35.1. The standard InChI is InChI=1S/C17H17NO5S/c19-13(14-5-2-10-24-14)6-7-15(20)18-9-8-11-3-1-4-12(16(11)21)17(22)23/h1-5,10,21H,6-9H2,(H,18,20)(H,22,23). The van der Waals surface area contributed by atoms with Crippen molar-refractivity contribution in [2.24, 2.45) is 0 Å². The van der Waals surface area contributed by atoms with Crippen LogP contribution < -0.4 is 5.32 Å². The van der Waals surface area contributed by atoms with Gasteiger partial charge in [0.25, 0.3) is 0 Å². The number of aromatic hydroxyl groups is 1. The zero-order valence-corrected chi connectivity index (χ0v) is 13.6. The number of nitrogens with one attached hydrogen (secondary N) is 1. The van der Waals surface area contributed by atoms with E-state index in [4.69, 9.17) is 5.11 Å². The van der Waals surface area contributed by atoms with Gasteiger partial charge in [-0.1, -0.05) is 18.2 Å². The number of carbonyl (C=O) groups is 3. The van der Waals surface area contributed by atoms with Crippen LogP contribution in [0.3, 0.4) is 0 Å². The molecule has 2 rings (SSSR count). The number of benzene rings is 1. The van der Waals surface area contributed by atoms with Crippen molar-refractivity contribution in [3.63, 3.8) is 0 Å². The Morgan fingerprint density at radius 1 is 1.08 bits per heavy atom. The molecule has 7 heteroatoms. The van der Waals surface area contributed by atoms with Crippen LogP contribution >= 0.6 is 11.3 Å². The molecule has 0 bridgehead atoms. The molecule has 0 atom stereocenters. The SMILES string of the molecule is O=C(CCC(=O)c1cccs1)NCCc1cccc(C(=O)O)c1O. The van der Waals surface area contributed by atoms with E-state index in [1.807, 2.05) is 5.38 Å². The topological polar surface area (TPSA) is 104 Å². The van der Waals surface area contributed by atoms with Crippen molar-refractivity contribution in [2.45, 2.75) is 19.3 Å². The summed E-state index contributed by atoms with van der Waals surface area (Å²) in [6.45, 7) is 0.253. The highest BCUT2D eigenvalue weighted by atomic mass is 32.1. The van der Waals surface area contributed by atoms with Gasteiger partial charge in [-0.25, -0.2) is 4.79 Å². The van der Waals surface area contributed by atoms with Crippen molar-refractivity contribution < 1.29 is 24.6 Å². The van der Waals surface area contributed by atoms with Gasteiger partial charge in [-0.2, -0.15) is 0 Å². The van der Waals surface area contributed by atoms with Gasteiger partial charge in [-0.05, 0) is 29.5 Å². The van der Waals surface area contributed by atoms with E-state index in [-0.39, 0.29) is 42.4 Å². The lowest BCUT2D eigenvalue weighted by atomic mass is 10.1. The molecular formula is C17H17NO5S. The van der Waals surface area contributed by atoms with Crippen molar-refractivity contribution in [1.29, 1.82) is 0 Å². The summed E-state index contributed by atoms with van der Waals surface area (Å²) < 4.78 is 0. The number of aromatic carboxylic acids is 1. The average molecular weight is 347 g/mol. The van der Waals surface area contributed by atoms with Gasteiger partial charge in [0, 0.05) is 19.4 Å². The Balaban J connectivity index is 1.78. The molecule has 1 heterocycles. The van der Waals surface area contributed by atoms with Crippen LogP contribution in [0.5, 0.6) is 5.75 Å². The van der Waals surface area contributed by atoms with E-state index >= 15 is 0 Å². The fraction of sp³-hybridized carbons (Fsp3) is 0.235. The van der Waals surface area contributed by atoms with E-state index in [2.05, 4.69) is 5.32 Å². The summed E-state index contributed by atoms with van der Waals surface area (Å²) in [6.07, 6.45) is 0.543. The number of hydrogen-bond donors (Lipinski definition) is 3. The van der Waals surface area contributed by atoms with Crippen LogP contribution in [0.15, 0.2) is 35.7 Å². The first kappa shape index (κ1) is 17.7. The normalized spacial score (nSPS) is 10.3. The zero-order chi connectivity index (χ0) is 17.5. The van der Waals surface area contributed by atoms with E-state index in [9.17, 15) is 19.5 Å². The molecule has 1 amide bonds. The van der Waals surface area contributed by atoms with Crippen LogP contribution in [0.4, 0.5) is 0 Å². The van der Waals surface area contributed by atoms with E-state index in [1.54, 1.807) is 24.3 Å². The monoisotopic (exact) mass is 347 g/mol. The fourth-order valence-electron chi connectivity index (χ4n) is 2.18. The Hall–Kier alpha value is -2.67. The van der Waals surface area contributed by atoms with Crippen LogP contribution in [-0.4, -0.2) is 34.4 Å². The minimum Gasteiger partial charge on any atom is -0.507 e. The number of hydrogen-bond acceptors (Lipinski definition) is 5. The minimum absolute atomic E-state index is 0.0630. The number of amides is 1.